The molecule has 0 N–H and O–H groups in total. The van der Waals surface area contributed by atoms with Crippen LogP contribution < -0.4 is 5.56 Å². The summed E-state index contributed by atoms with van der Waals surface area (Å²) < 4.78 is 15.8. The Morgan fingerprint density at radius 2 is 1.72 bits per heavy atom. The summed E-state index contributed by atoms with van der Waals surface area (Å²) in [5, 5.41) is 2.02. The van der Waals surface area contributed by atoms with Crippen LogP contribution in [0.1, 0.15) is 11.1 Å². The van der Waals surface area contributed by atoms with Crippen LogP contribution in [-0.2, 0) is 12.3 Å². The van der Waals surface area contributed by atoms with E-state index in [2.05, 4.69) is 4.98 Å². The van der Waals surface area contributed by atoms with Crippen molar-refractivity contribution < 1.29 is 4.39 Å². The lowest BCUT2D eigenvalue weighted by molar-refractivity contribution is 0.617. The second-order valence-corrected chi connectivity index (χ2v) is 8.20. The van der Waals surface area contributed by atoms with Gasteiger partial charge in [0.1, 0.15) is 5.82 Å². The van der Waals surface area contributed by atoms with Gasteiger partial charge in [-0.2, -0.15) is 0 Å². The van der Waals surface area contributed by atoms with Crippen molar-refractivity contribution in [3.8, 4) is 0 Å². The number of halogens is 3. The molecule has 0 unspecified atom stereocenters. The fourth-order valence-corrected chi connectivity index (χ4v) is 4.44. The van der Waals surface area contributed by atoms with Crippen LogP contribution in [0.5, 0.6) is 0 Å². The van der Waals surface area contributed by atoms with Gasteiger partial charge in [0.2, 0.25) is 0 Å². The highest BCUT2D eigenvalue weighted by molar-refractivity contribution is 7.98. The lowest BCUT2D eigenvalue weighted by atomic mass is 10.2. The van der Waals surface area contributed by atoms with Gasteiger partial charge in [0.05, 0.1) is 17.4 Å². The molecular formula is C22H15Cl2FN2OS. The van der Waals surface area contributed by atoms with Crippen LogP contribution >= 0.6 is 35.0 Å². The first kappa shape index (κ1) is 20.0. The number of thioether (sulfide) groups is 1. The molecule has 0 aliphatic carbocycles. The lowest BCUT2D eigenvalue weighted by Crippen LogP contribution is -2.24. The highest BCUT2D eigenvalue weighted by Crippen LogP contribution is 2.28. The first-order valence-corrected chi connectivity index (χ1v) is 10.6. The molecule has 0 fully saturated rings. The van der Waals surface area contributed by atoms with Crippen LogP contribution in [0.3, 0.4) is 0 Å². The fraction of sp³-hybridized carbons (Fsp3) is 0.0909. The number of hydrogen-bond donors (Lipinski definition) is 0. The van der Waals surface area contributed by atoms with Crippen molar-refractivity contribution in [1.29, 1.82) is 0 Å². The molecule has 3 aromatic carbocycles. The number of para-hydroxylation sites is 1. The third kappa shape index (κ3) is 4.32. The molecular weight excluding hydrogens is 430 g/mol. The summed E-state index contributed by atoms with van der Waals surface area (Å²) in [6.07, 6.45) is 0. The molecule has 0 aliphatic heterocycles. The molecule has 4 aromatic rings. The van der Waals surface area contributed by atoms with Crippen molar-refractivity contribution in [2.24, 2.45) is 0 Å². The highest BCUT2D eigenvalue weighted by atomic mass is 35.5. The van der Waals surface area contributed by atoms with Gasteiger partial charge in [-0.1, -0.05) is 65.3 Å². The minimum Gasteiger partial charge on any atom is -0.283 e. The Balaban J connectivity index is 1.76. The van der Waals surface area contributed by atoms with Gasteiger partial charge in [-0.05, 0) is 42.0 Å². The molecule has 0 amide bonds. The van der Waals surface area contributed by atoms with E-state index < -0.39 is 0 Å². The van der Waals surface area contributed by atoms with E-state index >= 15 is 0 Å². The van der Waals surface area contributed by atoms with E-state index in [9.17, 15) is 9.18 Å². The standard InChI is InChI=1S/C22H15Cl2FN2OS/c23-15-10-8-14(9-11-15)12-27-21(28)16-4-1-2-7-20(16)26-22(27)29-13-17-18(24)5-3-6-19(17)25/h1-11H,12-13H2. The molecule has 0 atom stereocenters. The van der Waals surface area contributed by atoms with E-state index in [-0.39, 0.29) is 17.1 Å². The number of aromatic nitrogens is 2. The van der Waals surface area contributed by atoms with Gasteiger partial charge < -0.3 is 0 Å². The minimum absolute atomic E-state index is 0.146. The Hall–Kier alpha value is -2.34. The Labute approximate surface area is 181 Å². The summed E-state index contributed by atoms with van der Waals surface area (Å²) in [5.41, 5.74) is 1.76. The molecule has 1 heterocycles. The smallest absolute Gasteiger partial charge is 0.262 e. The molecule has 0 radical (unpaired) electrons. The maximum atomic E-state index is 14.2. The van der Waals surface area contributed by atoms with Crippen LogP contribution in [0.2, 0.25) is 10.0 Å². The Kier molecular flexibility index (Phi) is 5.90. The van der Waals surface area contributed by atoms with E-state index in [1.54, 1.807) is 41.0 Å². The number of nitrogens with zero attached hydrogens (tertiary/aromatic N) is 2. The molecule has 0 saturated carbocycles. The number of rotatable bonds is 5. The largest absolute Gasteiger partial charge is 0.283 e. The SMILES string of the molecule is O=c1c2ccccc2nc(SCc2c(F)cccc2Cl)n1Cc1ccc(Cl)cc1. The number of hydrogen-bond acceptors (Lipinski definition) is 3. The molecule has 1 aromatic heterocycles. The summed E-state index contributed by atoms with van der Waals surface area (Å²) in [6, 6.07) is 19.1. The van der Waals surface area contributed by atoms with E-state index in [0.717, 1.165) is 5.56 Å². The molecule has 0 aliphatic rings. The van der Waals surface area contributed by atoms with Crippen LogP contribution in [0, 0.1) is 5.82 Å². The van der Waals surface area contributed by atoms with Crippen molar-refractivity contribution in [3.63, 3.8) is 0 Å². The maximum absolute atomic E-state index is 14.2. The minimum atomic E-state index is -0.377. The zero-order valence-corrected chi connectivity index (χ0v) is 17.4. The molecule has 0 saturated heterocycles. The Bertz CT molecular complexity index is 1220. The molecule has 4 rings (SSSR count). The predicted octanol–water partition coefficient (Wildman–Crippen LogP) is 6.18. The van der Waals surface area contributed by atoms with Crippen molar-refractivity contribution in [2.45, 2.75) is 17.5 Å². The molecule has 3 nitrogen and oxygen atoms in total. The quantitative estimate of drug-likeness (QED) is 0.272. The molecule has 7 heteroatoms. The first-order chi connectivity index (χ1) is 14.0. The zero-order valence-electron chi connectivity index (χ0n) is 15.1. The van der Waals surface area contributed by atoms with Crippen LogP contribution in [-0.4, -0.2) is 9.55 Å². The van der Waals surface area contributed by atoms with Crippen LogP contribution in [0.4, 0.5) is 4.39 Å². The summed E-state index contributed by atoms with van der Waals surface area (Å²) in [7, 11) is 0. The van der Waals surface area contributed by atoms with Crippen molar-refractivity contribution >= 4 is 45.9 Å². The van der Waals surface area contributed by atoms with Gasteiger partial charge in [-0.15, -0.1) is 0 Å². The van der Waals surface area contributed by atoms with E-state index in [1.165, 1.54) is 17.8 Å². The number of benzene rings is 3. The van der Waals surface area contributed by atoms with Gasteiger partial charge in [-0.25, -0.2) is 9.37 Å². The molecule has 146 valence electrons. The molecule has 29 heavy (non-hydrogen) atoms. The lowest BCUT2D eigenvalue weighted by Gasteiger charge is -2.14. The predicted molar refractivity (Wildman–Crippen MR) is 118 cm³/mol. The van der Waals surface area contributed by atoms with Crippen LogP contribution in [0.25, 0.3) is 10.9 Å². The van der Waals surface area contributed by atoms with Gasteiger partial charge in [0.15, 0.2) is 5.16 Å². The van der Waals surface area contributed by atoms with Crippen molar-refractivity contribution in [1.82, 2.24) is 9.55 Å². The van der Waals surface area contributed by atoms with E-state index in [0.29, 0.717) is 38.2 Å². The van der Waals surface area contributed by atoms with E-state index in [4.69, 9.17) is 23.2 Å². The normalized spacial score (nSPS) is 11.1. The average Bonchev–Trinajstić information content (AvgIpc) is 2.72. The Morgan fingerprint density at radius 1 is 0.966 bits per heavy atom. The Morgan fingerprint density at radius 3 is 2.48 bits per heavy atom. The summed E-state index contributed by atoms with van der Waals surface area (Å²) in [4.78, 5) is 17.8. The summed E-state index contributed by atoms with van der Waals surface area (Å²) in [5.74, 6) is -0.117. The third-order valence-corrected chi connectivity index (χ3v) is 6.10. The second-order valence-electron chi connectivity index (χ2n) is 6.42. The van der Waals surface area contributed by atoms with Crippen LogP contribution in [0.15, 0.2) is 76.7 Å². The van der Waals surface area contributed by atoms with Crippen molar-refractivity contribution in [2.75, 3.05) is 0 Å². The maximum Gasteiger partial charge on any atom is 0.262 e. The topological polar surface area (TPSA) is 34.9 Å². The van der Waals surface area contributed by atoms with Gasteiger partial charge >= 0.3 is 0 Å². The number of fused-ring (bicyclic) bond motifs is 1. The molecule has 0 spiro atoms. The second kappa shape index (κ2) is 8.57. The monoisotopic (exact) mass is 444 g/mol. The van der Waals surface area contributed by atoms with Gasteiger partial charge in [-0.3, -0.25) is 9.36 Å². The third-order valence-electron chi connectivity index (χ3n) is 4.49. The summed E-state index contributed by atoms with van der Waals surface area (Å²) >= 11 is 13.4. The summed E-state index contributed by atoms with van der Waals surface area (Å²) in [6.45, 7) is 0.334. The highest BCUT2D eigenvalue weighted by Gasteiger charge is 2.14. The fourth-order valence-electron chi connectivity index (χ4n) is 2.98. The van der Waals surface area contributed by atoms with E-state index in [1.807, 2.05) is 24.3 Å². The van der Waals surface area contributed by atoms with Gasteiger partial charge in [0, 0.05) is 21.4 Å². The van der Waals surface area contributed by atoms with Crippen molar-refractivity contribution in [3.05, 3.63) is 104 Å². The average molecular weight is 445 g/mol. The van der Waals surface area contributed by atoms with Gasteiger partial charge in [0.25, 0.3) is 5.56 Å². The first-order valence-electron chi connectivity index (χ1n) is 8.82. The zero-order chi connectivity index (χ0) is 20.4. The molecule has 0 bridgehead atoms.